The zero-order valence-corrected chi connectivity index (χ0v) is 15.1. The van der Waals surface area contributed by atoms with E-state index < -0.39 is 0 Å². The molecule has 136 valence electrons. The van der Waals surface area contributed by atoms with Crippen LogP contribution in [-0.4, -0.2) is 31.9 Å². The second kappa shape index (κ2) is 6.75. The molecule has 0 fully saturated rings. The number of hydrogen-bond acceptors (Lipinski definition) is 5. The lowest BCUT2D eigenvalue weighted by molar-refractivity contribution is 0.552. The fourth-order valence-electron chi connectivity index (χ4n) is 2.87. The molecule has 1 aromatic carbocycles. The molecule has 0 amide bonds. The highest BCUT2D eigenvalue weighted by molar-refractivity contribution is 5.79. The van der Waals surface area contributed by atoms with Crippen molar-refractivity contribution in [3.8, 4) is 11.3 Å². The van der Waals surface area contributed by atoms with Gasteiger partial charge in [0.2, 0.25) is 0 Å². The number of nitrogens with zero attached hydrogens (tertiary/aromatic N) is 4. The Morgan fingerprint density at radius 1 is 1.04 bits per heavy atom. The molecule has 3 heterocycles. The van der Waals surface area contributed by atoms with Crippen molar-refractivity contribution < 1.29 is 4.39 Å². The Balaban J connectivity index is 1.46. The SMILES string of the molecule is CC(C)(CNc1ccc(-c2cnc3[nH]ncc3c2)nn1)c1ccc(F)cc1. The fraction of sp³-hybridized carbons (Fsp3) is 0.200. The minimum absolute atomic E-state index is 0.176. The van der Waals surface area contributed by atoms with Crippen LogP contribution in [0.5, 0.6) is 0 Å². The fourth-order valence-corrected chi connectivity index (χ4v) is 2.87. The van der Waals surface area contributed by atoms with Crippen molar-refractivity contribution in [2.75, 3.05) is 11.9 Å². The highest BCUT2D eigenvalue weighted by Gasteiger charge is 2.20. The van der Waals surface area contributed by atoms with Crippen LogP contribution in [0.3, 0.4) is 0 Å². The molecule has 0 unspecified atom stereocenters. The van der Waals surface area contributed by atoms with Gasteiger partial charge in [0.15, 0.2) is 5.65 Å². The Morgan fingerprint density at radius 2 is 1.85 bits per heavy atom. The summed E-state index contributed by atoms with van der Waals surface area (Å²) < 4.78 is 13.1. The number of aromatic nitrogens is 5. The van der Waals surface area contributed by atoms with Crippen molar-refractivity contribution in [2.24, 2.45) is 0 Å². The summed E-state index contributed by atoms with van der Waals surface area (Å²) in [6, 6.07) is 12.4. The monoisotopic (exact) mass is 362 g/mol. The molecule has 0 aliphatic rings. The summed E-state index contributed by atoms with van der Waals surface area (Å²) in [5.41, 5.74) is 3.25. The zero-order chi connectivity index (χ0) is 18.9. The normalized spacial score (nSPS) is 11.7. The molecule has 0 radical (unpaired) electrons. The standard InChI is InChI=1S/C20H19FN6/c1-20(2,15-3-5-16(21)6-4-15)12-23-18-8-7-17(25-26-18)13-9-14-11-24-27-19(14)22-10-13/h3-11H,12H2,1-2H3,(H,23,26)(H,22,24,27). The van der Waals surface area contributed by atoms with Crippen LogP contribution < -0.4 is 5.32 Å². The van der Waals surface area contributed by atoms with Gasteiger partial charge in [0.25, 0.3) is 0 Å². The van der Waals surface area contributed by atoms with Crippen molar-refractivity contribution in [2.45, 2.75) is 19.3 Å². The minimum Gasteiger partial charge on any atom is -0.368 e. The van der Waals surface area contributed by atoms with Crippen LogP contribution in [0, 0.1) is 5.82 Å². The van der Waals surface area contributed by atoms with Crippen molar-refractivity contribution in [3.63, 3.8) is 0 Å². The first-order valence-electron chi connectivity index (χ1n) is 8.64. The van der Waals surface area contributed by atoms with E-state index in [9.17, 15) is 4.39 Å². The topological polar surface area (TPSA) is 79.4 Å². The van der Waals surface area contributed by atoms with Gasteiger partial charge in [-0.1, -0.05) is 26.0 Å². The third-order valence-corrected chi connectivity index (χ3v) is 4.59. The number of nitrogens with one attached hydrogen (secondary N) is 2. The maximum atomic E-state index is 13.1. The van der Waals surface area contributed by atoms with Crippen LogP contribution in [0.1, 0.15) is 19.4 Å². The van der Waals surface area contributed by atoms with E-state index in [-0.39, 0.29) is 11.2 Å². The van der Waals surface area contributed by atoms with Gasteiger partial charge in [-0.2, -0.15) is 5.10 Å². The van der Waals surface area contributed by atoms with Gasteiger partial charge in [-0.05, 0) is 35.9 Å². The molecule has 27 heavy (non-hydrogen) atoms. The lowest BCUT2D eigenvalue weighted by Crippen LogP contribution is -2.28. The van der Waals surface area contributed by atoms with E-state index in [4.69, 9.17) is 0 Å². The summed E-state index contributed by atoms with van der Waals surface area (Å²) in [7, 11) is 0. The average molecular weight is 362 g/mol. The number of hydrogen-bond donors (Lipinski definition) is 2. The van der Waals surface area contributed by atoms with E-state index in [2.05, 4.69) is 44.5 Å². The van der Waals surface area contributed by atoms with E-state index in [0.717, 1.165) is 27.9 Å². The molecule has 4 aromatic rings. The van der Waals surface area contributed by atoms with E-state index in [1.165, 1.54) is 12.1 Å². The molecular weight excluding hydrogens is 343 g/mol. The Morgan fingerprint density at radius 3 is 2.59 bits per heavy atom. The largest absolute Gasteiger partial charge is 0.368 e. The quantitative estimate of drug-likeness (QED) is 0.562. The minimum atomic E-state index is -0.230. The molecule has 0 bridgehead atoms. The number of benzene rings is 1. The van der Waals surface area contributed by atoms with E-state index in [0.29, 0.717) is 12.4 Å². The summed E-state index contributed by atoms with van der Waals surface area (Å²) in [6.45, 7) is 4.84. The first-order chi connectivity index (χ1) is 13.0. The van der Waals surface area contributed by atoms with Crippen LogP contribution in [0.4, 0.5) is 10.2 Å². The van der Waals surface area contributed by atoms with Gasteiger partial charge in [-0.25, -0.2) is 9.37 Å². The highest BCUT2D eigenvalue weighted by atomic mass is 19.1. The average Bonchev–Trinajstić information content (AvgIpc) is 3.15. The number of aromatic amines is 1. The van der Waals surface area contributed by atoms with Gasteiger partial charge in [-0.3, -0.25) is 5.10 Å². The van der Waals surface area contributed by atoms with Crippen LogP contribution in [0.25, 0.3) is 22.3 Å². The zero-order valence-electron chi connectivity index (χ0n) is 15.1. The lowest BCUT2D eigenvalue weighted by atomic mass is 9.84. The highest BCUT2D eigenvalue weighted by Crippen LogP contribution is 2.24. The van der Waals surface area contributed by atoms with Crippen molar-refractivity contribution in [1.29, 1.82) is 0 Å². The molecule has 6 nitrogen and oxygen atoms in total. The number of anilines is 1. The van der Waals surface area contributed by atoms with Crippen molar-refractivity contribution in [3.05, 3.63) is 66.2 Å². The summed E-state index contributed by atoms with van der Waals surface area (Å²) in [5, 5.41) is 19.6. The van der Waals surface area contributed by atoms with Gasteiger partial charge in [-0.15, -0.1) is 10.2 Å². The number of pyridine rings is 1. The lowest BCUT2D eigenvalue weighted by Gasteiger charge is -2.25. The number of rotatable bonds is 5. The van der Waals surface area contributed by atoms with Crippen LogP contribution in [0.15, 0.2) is 54.9 Å². The summed E-state index contributed by atoms with van der Waals surface area (Å²) in [4.78, 5) is 4.32. The second-order valence-corrected chi connectivity index (χ2v) is 7.08. The maximum absolute atomic E-state index is 13.1. The predicted octanol–water partition coefficient (Wildman–Crippen LogP) is 3.94. The molecular formula is C20H19FN6. The maximum Gasteiger partial charge on any atom is 0.155 e. The second-order valence-electron chi connectivity index (χ2n) is 7.08. The number of H-pyrrole nitrogens is 1. The van der Waals surface area contributed by atoms with Gasteiger partial charge in [0.05, 0.1) is 11.9 Å². The predicted molar refractivity (Wildman–Crippen MR) is 103 cm³/mol. The van der Waals surface area contributed by atoms with E-state index >= 15 is 0 Å². The molecule has 0 aliphatic carbocycles. The Kier molecular flexibility index (Phi) is 4.27. The van der Waals surface area contributed by atoms with Crippen LogP contribution in [-0.2, 0) is 5.41 Å². The molecule has 3 aromatic heterocycles. The summed E-state index contributed by atoms with van der Waals surface area (Å²) >= 11 is 0. The van der Waals surface area contributed by atoms with Gasteiger partial charge in [0.1, 0.15) is 11.6 Å². The molecule has 0 atom stereocenters. The summed E-state index contributed by atoms with van der Waals surface area (Å²) in [6.07, 6.45) is 3.47. The van der Waals surface area contributed by atoms with Gasteiger partial charge < -0.3 is 5.32 Å². The molecule has 0 spiro atoms. The molecule has 0 aliphatic heterocycles. The molecule has 2 N–H and O–H groups in total. The first-order valence-corrected chi connectivity index (χ1v) is 8.64. The Labute approximate surface area is 155 Å². The number of fused-ring (bicyclic) bond motifs is 1. The molecule has 7 heteroatoms. The Bertz CT molecular complexity index is 1050. The van der Waals surface area contributed by atoms with Gasteiger partial charge >= 0.3 is 0 Å². The first kappa shape index (κ1) is 17.1. The molecule has 0 saturated heterocycles. The van der Waals surface area contributed by atoms with E-state index in [1.807, 2.05) is 30.3 Å². The van der Waals surface area contributed by atoms with Crippen molar-refractivity contribution in [1.82, 2.24) is 25.4 Å². The van der Waals surface area contributed by atoms with Gasteiger partial charge in [0, 0.05) is 29.1 Å². The molecule has 0 saturated carbocycles. The molecule has 4 rings (SSSR count). The van der Waals surface area contributed by atoms with E-state index in [1.54, 1.807) is 12.4 Å². The number of halogens is 1. The van der Waals surface area contributed by atoms with Crippen LogP contribution >= 0.6 is 0 Å². The smallest absolute Gasteiger partial charge is 0.155 e. The summed E-state index contributed by atoms with van der Waals surface area (Å²) in [5.74, 6) is 0.457. The van der Waals surface area contributed by atoms with Crippen molar-refractivity contribution >= 4 is 16.9 Å². The third-order valence-electron chi connectivity index (χ3n) is 4.59. The third kappa shape index (κ3) is 3.62. The Hall–Kier alpha value is -3.35. The van der Waals surface area contributed by atoms with Crippen LogP contribution in [0.2, 0.25) is 0 Å².